The van der Waals surface area contributed by atoms with Crippen molar-refractivity contribution >= 4 is 33.7 Å². The fraction of sp³-hybridized carbons (Fsp3) is 0.286. The number of rotatable bonds is 6. The molecule has 0 radical (unpaired) electrons. The Hall–Kier alpha value is -2.67. The zero-order chi connectivity index (χ0) is 20.7. The first-order valence-corrected chi connectivity index (χ1v) is 9.80. The van der Waals surface area contributed by atoms with Crippen LogP contribution in [0.2, 0.25) is 0 Å². The minimum absolute atomic E-state index is 0.173. The van der Waals surface area contributed by atoms with Gasteiger partial charge in [-0.1, -0.05) is 44.2 Å². The van der Waals surface area contributed by atoms with Crippen LogP contribution in [0.15, 0.2) is 53.0 Å². The fourth-order valence-electron chi connectivity index (χ4n) is 2.68. The molecule has 1 atom stereocenters. The van der Waals surface area contributed by atoms with Crippen molar-refractivity contribution < 1.29 is 14.4 Å². The van der Waals surface area contributed by atoms with Gasteiger partial charge in [0.25, 0.3) is 17.7 Å². The molecule has 0 aliphatic carbocycles. The van der Waals surface area contributed by atoms with E-state index in [2.05, 4.69) is 32.1 Å². The van der Waals surface area contributed by atoms with Gasteiger partial charge in [0.1, 0.15) is 6.04 Å². The lowest BCUT2D eigenvalue weighted by molar-refractivity contribution is -0.124. The van der Waals surface area contributed by atoms with Gasteiger partial charge >= 0.3 is 0 Å². The number of halogens is 1. The van der Waals surface area contributed by atoms with Crippen molar-refractivity contribution in [2.24, 2.45) is 5.92 Å². The summed E-state index contributed by atoms with van der Waals surface area (Å²) in [5.41, 5.74) is 6.54. The summed E-state index contributed by atoms with van der Waals surface area (Å²) in [5.74, 6) is -1.08. The predicted molar refractivity (Wildman–Crippen MR) is 112 cm³/mol. The second-order valence-corrected chi connectivity index (χ2v) is 7.75. The molecule has 0 saturated heterocycles. The van der Waals surface area contributed by atoms with E-state index in [4.69, 9.17) is 0 Å². The van der Waals surface area contributed by atoms with Crippen LogP contribution in [0, 0.1) is 12.8 Å². The smallest absolute Gasteiger partial charge is 0.270 e. The number of carbonyl (C=O) groups is 3. The summed E-state index contributed by atoms with van der Waals surface area (Å²) >= 11 is 3.30. The highest BCUT2D eigenvalue weighted by molar-refractivity contribution is 9.10. The molecule has 148 valence electrons. The average Bonchev–Trinajstić information content (AvgIpc) is 2.65. The van der Waals surface area contributed by atoms with Crippen LogP contribution < -0.4 is 16.2 Å². The second kappa shape index (κ2) is 10.0. The predicted octanol–water partition coefficient (Wildman–Crippen LogP) is 3.36. The molecule has 0 aromatic heterocycles. The van der Waals surface area contributed by atoms with Gasteiger partial charge in [0.2, 0.25) is 0 Å². The normalized spacial score (nSPS) is 11.6. The molecule has 3 amide bonds. The van der Waals surface area contributed by atoms with E-state index in [1.165, 1.54) is 0 Å². The Morgan fingerprint density at radius 3 is 2.11 bits per heavy atom. The molecule has 28 heavy (non-hydrogen) atoms. The Morgan fingerprint density at radius 1 is 0.893 bits per heavy atom. The molecule has 2 rings (SSSR count). The first kappa shape index (κ1) is 21.6. The third-order valence-corrected chi connectivity index (χ3v) is 4.83. The molecule has 2 aromatic carbocycles. The topological polar surface area (TPSA) is 87.3 Å². The van der Waals surface area contributed by atoms with Crippen LogP contribution in [0.25, 0.3) is 0 Å². The molecular weight excluding hydrogens is 422 g/mol. The lowest BCUT2D eigenvalue weighted by atomic mass is 10.0. The number of benzene rings is 2. The van der Waals surface area contributed by atoms with Crippen LogP contribution in [-0.2, 0) is 4.79 Å². The van der Waals surface area contributed by atoms with E-state index in [9.17, 15) is 14.4 Å². The van der Waals surface area contributed by atoms with E-state index >= 15 is 0 Å². The van der Waals surface area contributed by atoms with Gasteiger partial charge in [-0.05, 0) is 59.0 Å². The molecular formula is C21H24BrN3O3. The van der Waals surface area contributed by atoms with Gasteiger partial charge in [-0.2, -0.15) is 0 Å². The van der Waals surface area contributed by atoms with Crippen molar-refractivity contribution in [3.63, 3.8) is 0 Å². The lowest BCUT2D eigenvalue weighted by Crippen LogP contribution is -2.52. The van der Waals surface area contributed by atoms with Crippen molar-refractivity contribution in [3.8, 4) is 0 Å². The SMILES string of the molecule is Cc1ccccc1C(=O)N[C@@H](CC(C)C)C(=O)NNC(=O)c1ccccc1Br. The Bertz CT molecular complexity index is 867. The van der Waals surface area contributed by atoms with E-state index < -0.39 is 17.9 Å². The number of carbonyl (C=O) groups excluding carboxylic acids is 3. The Balaban J connectivity index is 2.04. The summed E-state index contributed by atoms with van der Waals surface area (Å²) in [6, 6.07) is 13.3. The maximum absolute atomic E-state index is 12.6. The Kier molecular flexibility index (Phi) is 7.75. The van der Waals surface area contributed by atoms with Crippen LogP contribution in [0.1, 0.15) is 46.5 Å². The molecule has 3 N–H and O–H groups in total. The Labute approximate surface area is 173 Å². The third-order valence-electron chi connectivity index (χ3n) is 4.14. The van der Waals surface area contributed by atoms with Gasteiger partial charge in [-0.15, -0.1) is 0 Å². The summed E-state index contributed by atoms with van der Waals surface area (Å²) in [6.45, 7) is 5.75. The number of aryl methyl sites for hydroxylation is 1. The molecule has 2 aromatic rings. The van der Waals surface area contributed by atoms with Crippen LogP contribution in [0.5, 0.6) is 0 Å². The van der Waals surface area contributed by atoms with E-state index in [-0.39, 0.29) is 11.8 Å². The number of hydrogen-bond acceptors (Lipinski definition) is 3. The first-order chi connectivity index (χ1) is 13.3. The highest BCUT2D eigenvalue weighted by Crippen LogP contribution is 2.15. The zero-order valence-electron chi connectivity index (χ0n) is 16.1. The minimum atomic E-state index is -0.772. The molecule has 0 saturated carbocycles. The van der Waals surface area contributed by atoms with Gasteiger partial charge < -0.3 is 5.32 Å². The molecule has 7 heteroatoms. The maximum Gasteiger partial charge on any atom is 0.270 e. The molecule has 6 nitrogen and oxygen atoms in total. The van der Waals surface area contributed by atoms with Gasteiger partial charge in [0.05, 0.1) is 5.56 Å². The minimum Gasteiger partial charge on any atom is -0.340 e. The summed E-state index contributed by atoms with van der Waals surface area (Å²) in [4.78, 5) is 37.4. The quantitative estimate of drug-likeness (QED) is 0.595. The largest absolute Gasteiger partial charge is 0.340 e. The van der Waals surface area contributed by atoms with Crippen LogP contribution in [0.3, 0.4) is 0 Å². The highest BCUT2D eigenvalue weighted by Gasteiger charge is 2.24. The van der Waals surface area contributed by atoms with Crippen molar-refractivity contribution in [3.05, 3.63) is 69.7 Å². The first-order valence-electron chi connectivity index (χ1n) is 9.00. The van der Waals surface area contributed by atoms with E-state index in [0.29, 0.717) is 22.0 Å². The van der Waals surface area contributed by atoms with Crippen LogP contribution >= 0.6 is 15.9 Å². The molecule has 0 aliphatic heterocycles. The van der Waals surface area contributed by atoms with Crippen molar-refractivity contribution in [2.75, 3.05) is 0 Å². The van der Waals surface area contributed by atoms with E-state index in [0.717, 1.165) is 5.56 Å². The number of nitrogens with one attached hydrogen (secondary N) is 3. The van der Waals surface area contributed by atoms with Crippen LogP contribution in [-0.4, -0.2) is 23.8 Å². The van der Waals surface area contributed by atoms with Gasteiger partial charge in [-0.3, -0.25) is 25.2 Å². The summed E-state index contributed by atoms with van der Waals surface area (Å²) in [7, 11) is 0. The highest BCUT2D eigenvalue weighted by atomic mass is 79.9. The van der Waals surface area contributed by atoms with Gasteiger partial charge in [-0.25, -0.2) is 0 Å². The van der Waals surface area contributed by atoms with E-state index in [1.807, 2.05) is 32.9 Å². The zero-order valence-corrected chi connectivity index (χ0v) is 17.7. The number of hydrazine groups is 1. The number of hydrogen-bond donors (Lipinski definition) is 3. The molecule has 0 bridgehead atoms. The molecule has 0 aliphatic rings. The van der Waals surface area contributed by atoms with Crippen molar-refractivity contribution in [1.29, 1.82) is 0 Å². The monoisotopic (exact) mass is 445 g/mol. The van der Waals surface area contributed by atoms with Crippen LogP contribution in [0.4, 0.5) is 0 Å². The van der Waals surface area contributed by atoms with Crippen molar-refractivity contribution in [1.82, 2.24) is 16.2 Å². The molecule has 0 spiro atoms. The molecule has 0 fully saturated rings. The molecule has 0 unspecified atom stereocenters. The van der Waals surface area contributed by atoms with E-state index in [1.54, 1.807) is 36.4 Å². The molecule has 0 heterocycles. The second-order valence-electron chi connectivity index (χ2n) is 6.89. The fourth-order valence-corrected chi connectivity index (χ4v) is 3.15. The summed E-state index contributed by atoms with van der Waals surface area (Å²) in [6.07, 6.45) is 0.439. The Morgan fingerprint density at radius 2 is 1.50 bits per heavy atom. The summed E-state index contributed by atoms with van der Waals surface area (Å²) < 4.78 is 0.619. The van der Waals surface area contributed by atoms with Gasteiger partial charge in [0, 0.05) is 10.0 Å². The standard InChI is InChI=1S/C21H24BrN3O3/c1-13(2)12-18(23-19(26)15-9-5-4-8-14(15)3)21(28)25-24-20(27)16-10-6-7-11-17(16)22/h4-11,13,18H,12H2,1-3H3,(H,23,26)(H,24,27)(H,25,28)/t18-/m0/s1. The number of amides is 3. The maximum atomic E-state index is 12.6. The average molecular weight is 446 g/mol. The third kappa shape index (κ3) is 5.92. The lowest BCUT2D eigenvalue weighted by Gasteiger charge is -2.21. The summed E-state index contributed by atoms with van der Waals surface area (Å²) in [5, 5.41) is 2.77. The van der Waals surface area contributed by atoms with Crippen molar-refractivity contribution in [2.45, 2.75) is 33.2 Å². The van der Waals surface area contributed by atoms with Gasteiger partial charge in [0.15, 0.2) is 0 Å².